The van der Waals surface area contributed by atoms with Crippen molar-refractivity contribution in [2.24, 2.45) is 0 Å². The summed E-state index contributed by atoms with van der Waals surface area (Å²) >= 11 is 0. The van der Waals surface area contributed by atoms with Gasteiger partial charge in [0.2, 0.25) is 0 Å². The van der Waals surface area contributed by atoms with Crippen LogP contribution in [0.25, 0.3) is 0 Å². The van der Waals surface area contributed by atoms with Gasteiger partial charge in [0.05, 0.1) is 0 Å². The molecule has 0 saturated heterocycles. The molecule has 0 aliphatic heterocycles. The van der Waals surface area contributed by atoms with E-state index < -0.39 is 8.25 Å². The smallest absolute Gasteiger partial charge is 0.781 e. The van der Waals surface area contributed by atoms with Gasteiger partial charge in [0.1, 0.15) is 15.0 Å². The first-order valence-corrected chi connectivity index (χ1v) is 4.04. The van der Waals surface area contributed by atoms with Crippen LogP contribution in [0.3, 0.4) is 0 Å². The van der Waals surface area contributed by atoms with Crippen molar-refractivity contribution < 1.29 is 43.5 Å². The third-order valence-electron chi connectivity index (χ3n) is 0.719. The Morgan fingerprint density at radius 3 is 2.70 bits per heavy atom. The zero-order valence-electron chi connectivity index (χ0n) is 6.35. The Morgan fingerprint density at radius 2 is 2.30 bits per heavy atom. The molecule has 0 amide bonds. The van der Waals surface area contributed by atoms with Gasteiger partial charge in [-0.15, -0.1) is 0 Å². The van der Waals surface area contributed by atoms with Crippen molar-refractivity contribution in [1.29, 1.82) is 0 Å². The molecule has 0 heterocycles. The molecular weight excluding hydrogens is 164 g/mol. The molecule has 4 nitrogen and oxygen atoms in total. The Kier molecular flexibility index (Phi) is 13.8. The van der Waals surface area contributed by atoms with E-state index in [0.29, 0.717) is 0 Å². The maximum absolute atomic E-state index is 9.77. The van der Waals surface area contributed by atoms with Crippen LogP contribution in [-0.4, -0.2) is 13.3 Å². The van der Waals surface area contributed by atoms with Crippen LogP contribution in [0.15, 0.2) is 0 Å². The fourth-order valence-electron chi connectivity index (χ4n) is 0.359. The fourth-order valence-corrected chi connectivity index (χ4v) is 0.579. The number of hydrogen-bond donors (Lipinski definition) is 1. The predicted octanol–water partition coefficient (Wildman–Crippen LogP) is -3.29. The molecular formula is C4H11NNaO3P. The second kappa shape index (κ2) is 10.1. The summed E-state index contributed by atoms with van der Waals surface area (Å²) in [6, 6.07) is 0. The average Bonchev–Trinajstić information content (AvgIpc) is 1.80. The van der Waals surface area contributed by atoms with Gasteiger partial charge in [-0.3, -0.25) is 5.32 Å². The van der Waals surface area contributed by atoms with Crippen molar-refractivity contribution in [3.63, 3.8) is 0 Å². The summed E-state index contributed by atoms with van der Waals surface area (Å²) in [5.41, 5.74) is 0. The average molecular weight is 175 g/mol. The summed E-state index contributed by atoms with van der Waals surface area (Å²) in [6.07, 6.45) is 0.975. The van der Waals surface area contributed by atoms with Gasteiger partial charge in [-0.1, -0.05) is 6.92 Å². The first kappa shape index (κ1) is 13.7. The molecule has 0 aliphatic carbocycles. The Hall–Kier alpha value is 1.11. The first-order chi connectivity index (χ1) is 4.27. The minimum absolute atomic E-state index is 0. The molecule has 0 aromatic rings. The zero-order valence-corrected chi connectivity index (χ0v) is 9.35. The molecule has 0 bridgehead atoms. The van der Waals surface area contributed by atoms with Crippen LogP contribution in [0.5, 0.6) is 0 Å². The standard InChI is InChI=1S/C4H12NO3P.Na/c1-2-3-5-4-8-9(6)7;/h5,9H,2-4H2,1H3,(H,6,7);/q;+1/p-1. The van der Waals surface area contributed by atoms with Crippen LogP contribution in [-0.2, 0) is 9.09 Å². The second-order valence-electron chi connectivity index (χ2n) is 1.54. The van der Waals surface area contributed by atoms with Gasteiger partial charge in [0.25, 0.3) is 0 Å². The molecule has 0 aromatic heterocycles. The summed E-state index contributed by atoms with van der Waals surface area (Å²) in [6.45, 7) is 2.89. The minimum atomic E-state index is -2.98. The Balaban J connectivity index is 0. The molecule has 0 spiro atoms. The summed E-state index contributed by atoms with van der Waals surface area (Å²) in [4.78, 5) is 9.77. The van der Waals surface area contributed by atoms with E-state index in [1.807, 2.05) is 6.92 Å². The second-order valence-corrected chi connectivity index (χ2v) is 2.33. The monoisotopic (exact) mass is 175 g/mol. The third kappa shape index (κ3) is 11.9. The molecule has 0 radical (unpaired) electrons. The molecule has 0 saturated carbocycles. The van der Waals surface area contributed by atoms with Crippen LogP contribution < -0.4 is 39.8 Å². The van der Waals surface area contributed by atoms with E-state index in [1.54, 1.807) is 0 Å². The first-order valence-electron chi connectivity index (χ1n) is 2.82. The molecule has 0 rings (SSSR count). The van der Waals surface area contributed by atoms with Gasteiger partial charge in [-0.25, -0.2) is 0 Å². The molecule has 56 valence electrons. The molecule has 1 N–H and O–H groups in total. The van der Waals surface area contributed by atoms with E-state index >= 15 is 0 Å². The van der Waals surface area contributed by atoms with E-state index in [0.717, 1.165) is 13.0 Å². The van der Waals surface area contributed by atoms with Gasteiger partial charge in [-0.2, -0.15) is 0 Å². The molecule has 1 unspecified atom stereocenters. The van der Waals surface area contributed by atoms with Gasteiger partial charge in [0.15, 0.2) is 0 Å². The van der Waals surface area contributed by atoms with Crippen LogP contribution >= 0.6 is 8.25 Å². The number of nitrogens with one attached hydrogen (secondary N) is 1. The van der Waals surface area contributed by atoms with E-state index in [2.05, 4.69) is 9.84 Å². The van der Waals surface area contributed by atoms with E-state index in [-0.39, 0.29) is 36.3 Å². The van der Waals surface area contributed by atoms with E-state index in [1.165, 1.54) is 0 Å². The Bertz CT molecular complexity index is 92.6. The zero-order chi connectivity index (χ0) is 7.11. The van der Waals surface area contributed by atoms with Crippen LogP contribution in [0, 0.1) is 0 Å². The summed E-state index contributed by atoms with van der Waals surface area (Å²) in [5, 5.41) is 2.77. The minimum Gasteiger partial charge on any atom is -0.781 e. The molecule has 0 aliphatic rings. The topological polar surface area (TPSA) is 61.4 Å². The maximum atomic E-state index is 9.77. The van der Waals surface area contributed by atoms with E-state index in [4.69, 9.17) is 0 Å². The SMILES string of the molecule is CCCNCO[PH](=O)[O-].[Na+]. The van der Waals surface area contributed by atoms with Gasteiger partial charge in [-0.05, 0) is 13.0 Å². The van der Waals surface area contributed by atoms with Crippen molar-refractivity contribution in [2.45, 2.75) is 13.3 Å². The molecule has 0 fully saturated rings. The normalized spacial score (nSPS) is 12.2. The van der Waals surface area contributed by atoms with Crippen molar-refractivity contribution in [3.05, 3.63) is 0 Å². The maximum Gasteiger partial charge on any atom is 1.00 e. The van der Waals surface area contributed by atoms with Gasteiger partial charge >= 0.3 is 29.6 Å². The Labute approximate surface area is 83.6 Å². The van der Waals surface area contributed by atoms with Crippen LogP contribution in [0.1, 0.15) is 13.3 Å². The molecule has 10 heavy (non-hydrogen) atoms. The fraction of sp³-hybridized carbons (Fsp3) is 1.00. The summed E-state index contributed by atoms with van der Waals surface area (Å²) in [5.74, 6) is 0. The van der Waals surface area contributed by atoms with Gasteiger partial charge in [0, 0.05) is 0 Å². The van der Waals surface area contributed by atoms with Crippen LogP contribution in [0.2, 0.25) is 0 Å². The van der Waals surface area contributed by atoms with Crippen molar-refractivity contribution in [3.8, 4) is 0 Å². The van der Waals surface area contributed by atoms with Crippen molar-refractivity contribution >= 4 is 8.25 Å². The predicted molar refractivity (Wildman–Crippen MR) is 33.2 cm³/mol. The molecule has 6 heteroatoms. The van der Waals surface area contributed by atoms with Crippen molar-refractivity contribution in [1.82, 2.24) is 5.32 Å². The number of hydrogen-bond acceptors (Lipinski definition) is 4. The molecule has 1 atom stereocenters. The summed E-state index contributed by atoms with van der Waals surface area (Å²) in [7, 11) is -2.98. The van der Waals surface area contributed by atoms with Crippen LogP contribution in [0.4, 0.5) is 0 Å². The number of rotatable bonds is 5. The van der Waals surface area contributed by atoms with Crippen molar-refractivity contribution in [2.75, 3.05) is 13.3 Å². The van der Waals surface area contributed by atoms with E-state index in [9.17, 15) is 9.46 Å². The third-order valence-corrected chi connectivity index (χ3v) is 1.10. The van der Waals surface area contributed by atoms with Gasteiger partial charge < -0.3 is 14.0 Å². The largest absolute Gasteiger partial charge is 1.00 e. The molecule has 0 aromatic carbocycles. The summed E-state index contributed by atoms with van der Waals surface area (Å²) < 4.78 is 14.0. The quantitative estimate of drug-likeness (QED) is 0.206. The Morgan fingerprint density at radius 1 is 1.70 bits per heavy atom.